The molecule has 5 nitrogen and oxygen atoms in total. The Balaban J connectivity index is 1.87. The lowest BCUT2D eigenvalue weighted by molar-refractivity contribution is 0.177. The predicted molar refractivity (Wildman–Crippen MR) is 73.3 cm³/mol. The van der Waals surface area contributed by atoms with Crippen LogP contribution in [0.15, 0.2) is 4.99 Å². The topological polar surface area (TPSA) is 84.5 Å². The van der Waals surface area contributed by atoms with E-state index >= 15 is 0 Å². The van der Waals surface area contributed by atoms with Crippen LogP contribution in [0, 0.1) is 5.41 Å². The first-order chi connectivity index (χ1) is 8.39. The van der Waals surface area contributed by atoms with Gasteiger partial charge in [0, 0.05) is 24.3 Å². The van der Waals surface area contributed by atoms with E-state index in [4.69, 9.17) is 5.73 Å². The number of nitrogens with two attached hydrogens (primary N) is 1. The molecule has 0 radical (unpaired) electrons. The van der Waals surface area contributed by atoms with Crippen molar-refractivity contribution < 1.29 is 8.42 Å². The lowest BCUT2D eigenvalue weighted by atomic mass is 9.70. The van der Waals surface area contributed by atoms with E-state index in [1.807, 2.05) is 0 Å². The number of rotatable bonds is 5. The fourth-order valence-electron chi connectivity index (χ4n) is 2.64. The van der Waals surface area contributed by atoms with Gasteiger partial charge in [-0.05, 0) is 32.1 Å². The van der Waals surface area contributed by atoms with Gasteiger partial charge in [-0.2, -0.15) is 0 Å². The molecular weight excluding hydrogens is 250 g/mol. The van der Waals surface area contributed by atoms with Crippen molar-refractivity contribution >= 4 is 15.8 Å². The van der Waals surface area contributed by atoms with Crippen molar-refractivity contribution in [3.63, 3.8) is 0 Å². The summed E-state index contributed by atoms with van der Waals surface area (Å²) in [5, 5.41) is 3.18. The maximum atomic E-state index is 11.4. The first-order valence-corrected chi connectivity index (χ1v) is 8.69. The molecule has 2 saturated carbocycles. The Morgan fingerprint density at radius 3 is 2.44 bits per heavy atom. The van der Waals surface area contributed by atoms with Gasteiger partial charge < -0.3 is 11.1 Å². The highest BCUT2D eigenvalue weighted by atomic mass is 32.2. The summed E-state index contributed by atoms with van der Waals surface area (Å²) in [5.41, 5.74) is 5.67. The molecule has 2 aliphatic rings. The Kier molecular flexibility index (Phi) is 3.84. The molecule has 0 aliphatic heterocycles. The van der Waals surface area contributed by atoms with E-state index in [2.05, 4.69) is 10.3 Å². The molecule has 2 rings (SSSR count). The molecule has 104 valence electrons. The summed E-state index contributed by atoms with van der Waals surface area (Å²) in [4.78, 5) is 4.34. The standard InChI is InChI=1S/C12H23N3O2S/c1-18(16,17)9-12(6-3-7-12)8-14-11(13)15-10-4-2-5-10/h10H,2-9H2,1H3,(H3,13,14,15). The van der Waals surface area contributed by atoms with Gasteiger partial charge in [0.1, 0.15) is 9.84 Å². The maximum absolute atomic E-state index is 11.4. The van der Waals surface area contributed by atoms with Crippen LogP contribution in [-0.2, 0) is 9.84 Å². The zero-order chi connectivity index (χ0) is 13.2. The second-order valence-electron chi connectivity index (χ2n) is 5.90. The van der Waals surface area contributed by atoms with Gasteiger partial charge in [-0.15, -0.1) is 0 Å². The Morgan fingerprint density at radius 2 is 2.06 bits per heavy atom. The van der Waals surface area contributed by atoms with Crippen LogP contribution < -0.4 is 11.1 Å². The predicted octanol–water partition coefficient (Wildman–Crippen LogP) is 0.658. The summed E-state index contributed by atoms with van der Waals surface area (Å²) in [6, 6.07) is 0.473. The Hall–Kier alpha value is -0.780. The third-order valence-corrected chi connectivity index (χ3v) is 5.16. The molecule has 0 saturated heterocycles. The number of hydrogen-bond donors (Lipinski definition) is 2. The third kappa shape index (κ3) is 3.60. The van der Waals surface area contributed by atoms with Crippen LogP contribution in [0.2, 0.25) is 0 Å². The summed E-state index contributed by atoms with van der Waals surface area (Å²) in [6.45, 7) is 0.533. The van der Waals surface area contributed by atoms with Gasteiger partial charge in [-0.1, -0.05) is 6.42 Å². The van der Waals surface area contributed by atoms with Crippen LogP contribution in [-0.4, -0.2) is 39.0 Å². The first-order valence-electron chi connectivity index (χ1n) is 6.63. The molecule has 0 unspecified atom stereocenters. The summed E-state index contributed by atoms with van der Waals surface area (Å²) in [6.07, 6.45) is 7.85. The van der Waals surface area contributed by atoms with E-state index < -0.39 is 9.84 Å². The molecule has 0 aromatic heterocycles. The summed E-state index contributed by atoms with van der Waals surface area (Å²) in [7, 11) is -2.94. The van der Waals surface area contributed by atoms with Gasteiger partial charge >= 0.3 is 0 Å². The van der Waals surface area contributed by atoms with Crippen LogP contribution in [0.4, 0.5) is 0 Å². The molecule has 0 atom stereocenters. The van der Waals surface area contributed by atoms with Crippen LogP contribution in [0.5, 0.6) is 0 Å². The summed E-state index contributed by atoms with van der Waals surface area (Å²) in [5.74, 6) is 0.708. The maximum Gasteiger partial charge on any atom is 0.188 e. The van der Waals surface area contributed by atoms with Crippen LogP contribution in [0.3, 0.4) is 0 Å². The highest BCUT2D eigenvalue weighted by molar-refractivity contribution is 7.90. The zero-order valence-electron chi connectivity index (χ0n) is 11.0. The Morgan fingerprint density at radius 1 is 1.39 bits per heavy atom. The van der Waals surface area contributed by atoms with Gasteiger partial charge in [0.25, 0.3) is 0 Å². The van der Waals surface area contributed by atoms with Crippen LogP contribution >= 0.6 is 0 Å². The van der Waals surface area contributed by atoms with E-state index in [-0.39, 0.29) is 11.2 Å². The fraction of sp³-hybridized carbons (Fsp3) is 0.917. The largest absolute Gasteiger partial charge is 0.370 e. The van der Waals surface area contributed by atoms with Crippen molar-refractivity contribution in [3.8, 4) is 0 Å². The monoisotopic (exact) mass is 273 g/mol. The van der Waals surface area contributed by atoms with Gasteiger partial charge in [-0.25, -0.2) is 8.42 Å². The number of hydrogen-bond acceptors (Lipinski definition) is 3. The Labute approximate surface area is 109 Å². The van der Waals surface area contributed by atoms with E-state index in [1.54, 1.807) is 0 Å². The SMILES string of the molecule is CS(=O)(=O)CC1(CN=C(N)NC2CCC2)CCC1. The molecule has 0 spiro atoms. The number of nitrogens with zero attached hydrogens (tertiary/aromatic N) is 1. The lowest BCUT2D eigenvalue weighted by Crippen LogP contribution is -2.45. The molecule has 18 heavy (non-hydrogen) atoms. The van der Waals surface area contributed by atoms with Crippen molar-refractivity contribution in [1.82, 2.24) is 5.32 Å². The van der Waals surface area contributed by atoms with Crippen molar-refractivity contribution in [2.24, 2.45) is 16.1 Å². The number of aliphatic imine (C=N–C) groups is 1. The van der Waals surface area contributed by atoms with Gasteiger partial charge in [0.15, 0.2) is 5.96 Å². The molecule has 0 amide bonds. The minimum absolute atomic E-state index is 0.153. The lowest BCUT2D eigenvalue weighted by Gasteiger charge is -2.40. The molecule has 6 heteroatoms. The number of nitrogens with one attached hydrogen (secondary N) is 1. The normalized spacial score (nSPS) is 24.2. The summed E-state index contributed by atoms with van der Waals surface area (Å²) >= 11 is 0. The highest BCUT2D eigenvalue weighted by Gasteiger charge is 2.39. The van der Waals surface area contributed by atoms with E-state index in [0.717, 1.165) is 32.1 Å². The second kappa shape index (κ2) is 5.07. The van der Waals surface area contributed by atoms with Crippen LogP contribution in [0.1, 0.15) is 38.5 Å². The molecule has 0 aromatic carbocycles. The van der Waals surface area contributed by atoms with Crippen LogP contribution in [0.25, 0.3) is 0 Å². The highest BCUT2D eigenvalue weighted by Crippen LogP contribution is 2.42. The minimum Gasteiger partial charge on any atom is -0.370 e. The van der Waals surface area contributed by atoms with Gasteiger partial charge in [0.2, 0.25) is 0 Å². The van der Waals surface area contributed by atoms with Crippen molar-refractivity contribution in [3.05, 3.63) is 0 Å². The quantitative estimate of drug-likeness (QED) is 0.569. The summed E-state index contributed by atoms with van der Waals surface area (Å²) < 4.78 is 22.8. The van der Waals surface area contributed by atoms with Crippen molar-refractivity contribution in [1.29, 1.82) is 0 Å². The molecular formula is C12H23N3O2S. The number of sulfone groups is 1. The van der Waals surface area contributed by atoms with E-state index in [0.29, 0.717) is 18.5 Å². The second-order valence-corrected chi connectivity index (χ2v) is 8.04. The van der Waals surface area contributed by atoms with Gasteiger partial charge in [-0.3, -0.25) is 4.99 Å². The molecule has 2 aliphatic carbocycles. The zero-order valence-corrected chi connectivity index (χ0v) is 11.8. The number of guanidine groups is 1. The average Bonchev–Trinajstić information content (AvgIpc) is 2.14. The average molecular weight is 273 g/mol. The molecule has 0 heterocycles. The van der Waals surface area contributed by atoms with Crippen molar-refractivity contribution in [2.75, 3.05) is 18.6 Å². The fourth-order valence-corrected chi connectivity index (χ4v) is 4.13. The third-order valence-electron chi connectivity index (χ3n) is 4.02. The van der Waals surface area contributed by atoms with E-state index in [9.17, 15) is 8.42 Å². The first kappa shape index (κ1) is 13.6. The smallest absolute Gasteiger partial charge is 0.188 e. The van der Waals surface area contributed by atoms with Gasteiger partial charge in [0.05, 0.1) is 5.75 Å². The van der Waals surface area contributed by atoms with Crippen molar-refractivity contribution in [2.45, 2.75) is 44.6 Å². The molecule has 0 aromatic rings. The minimum atomic E-state index is -2.94. The Bertz CT molecular complexity index is 423. The molecule has 0 bridgehead atoms. The van der Waals surface area contributed by atoms with E-state index in [1.165, 1.54) is 12.7 Å². The molecule has 3 N–H and O–H groups in total. The molecule has 2 fully saturated rings.